The van der Waals surface area contributed by atoms with Crippen LogP contribution in [-0.2, 0) is 9.53 Å². The van der Waals surface area contributed by atoms with Gasteiger partial charge in [0.2, 0.25) is 0 Å². The topological polar surface area (TPSA) is 135 Å². The maximum Gasteiger partial charge on any atom is 0.267 e. The summed E-state index contributed by atoms with van der Waals surface area (Å²) in [6.07, 6.45) is 7.74. The lowest BCUT2D eigenvalue weighted by Crippen LogP contribution is -2.28. The van der Waals surface area contributed by atoms with Gasteiger partial charge in [-0.05, 0) is 63.3 Å². The minimum Gasteiger partial charge on any atom is -0.505 e. The minimum atomic E-state index is -1.20. The molecule has 4 rings (SSSR count). The molecule has 0 spiro atoms. The van der Waals surface area contributed by atoms with E-state index in [2.05, 4.69) is 10.3 Å². The van der Waals surface area contributed by atoms with Crippen molar-refractivity contribution in [3.8, 4) is 5.75 Å². The maximum atomic E-state index is 12.1. The molecule has 10 heteroatoms. The lowest BCUT2D eigenvalue weighted by Gasteiger charge is -2.26. The van der Waals surface area contributed by atoms with Gasteiger partial charge in [-0.3, -0.25) is 14.6 Å². The fraction of sp³-hybridized carbons (Fsp3) is 0.480. The van der Waals surface area contributed by atoms with E-state index in [1.54, 1.807) is 6.07 Å². The molecule has 2 aromatic rings. The largest absolute Gasteiger partial charge is 0.505 e. The molecule has 1 aliphatic carbocycles. The Morgan fingerprint density at radius 1 is 1.23 bits per heavy atom. The number of rotatable bonds is 5. The van der Waals surface area contributed by atoms with Crippen molar-refractivity contribution < 1.29 is 33.3 Å². The fourth-order valence-electron chi connectivity index (χ4n) is 3.56. The SMILES string of the molecule is CC(O)CC1CCC1.CC1CCC(C(=O)Nc2ccnc(C(N)=O)c2)O1.Oc1cccc(F)c1F. The van der Waals surface area contributed by atoms with E-state index in [1.165, 1.54) is 37.6 Å². The number of carbonyl (C=O) groups excluding carboxylic acids is 2. The van der Waals surface area contributed by atoms with Crippen LogP contribution in [0.15, 0.2) is 36.5 Å². The van der Waals surface area contributed by atoms with Crippen LogP contribution in [-0.4, -0.2) is 45.3 Å². The highest BCUT2D eigenvalue weighted by molar-refractivity contribution is 5.96. The Morgan fingerprint density at radius 2 is 1.94 bits per heavy atom. The third kappa shape index (κ3) is 9.58. The van der Waals surface area contributed by atoms with Gasteiger partial charge in [0.15, 0.2) is 17.4 Å². The van der Waals surface area contributed by atoms with Crippen molar-refractivity contribution in [1.82, 2.24) is 4.98 Å². The third-order valence-electron chi connectivity index (χ3n) is 5.63. The van der Waals surface area contributed by atoms with E-state index in [1.807, 2.05) is 13.8 Å². The first-order chi connectivity index (χ1) is 16.6. The smallest absolute Gasteiger partial charge is 0.267 e. The van der Waals surface area contributed by atoms with Crippen LogP contribution in [0.1, 0.15) is 62.9 Å². The zero-order valence-electron chi connectivity index (χ0n) is 19.9. The van der Waals surface area contributed by atoms with Gasteiger partial charge in [0.05, 0.1) is 12.2 Å². The number of aromatic nitrogens is 1. The van der Waals surface area contributed by atoms with Crippen LogP contribution >= 0.6 is 0 Å². The van der Waals surface area contributed by atoms with Crippen LogP contribution < -0.4 is 11.1 Å². The normalized spacial score (nSPS) is 19.8. The molecule has 2 aliphatic rings. The van der Waals surface area contributed by atoms with Gasteiger partial charge >= 0.3 is 0 Å². The number of anilines is 1. The second kappa shape index (κ2) is 13.7. The highest BCUT2D eigenvalue weighted by Crippen LogP contribution is 2.30. The Bertz CT molecular complexity index is 965. The summed E-state index contributed by atoms with van der Waals surface area (Å²) >= 11 is 0. The predicted molar refractivity (Wildman–Crippen MR) is 127 cm³/mol. The summed E-state index contributed by atoms with van der Waals surface area (Å²) in [5.74, 6) is -2.87. The van der Waals surface area contributed by atoms with E-state index in [4.69, 9.17) is 20.7 Å². The van der Waals surface area contributed by atoms with Crippen LogP contribution in [0.3, 0.4) is 0 Å². The number of pyridine rings is 1. The third-order valence-corrected chi connectivity index (χ3v) is 5.63. The highest BCUT2D eigenvalue weighted by atomic mass is 19.2. The van der Waals surface area contributed by atoms with E-state index < -0.39 is 29.4 Å². The van der Waals surface area contributed by atoms with Gasteiger partial charge < -0.3 is 26.0 Å². The van der Waals surface area contributed by atoms with Gasteiger partial charge in [-0.2, -0.15) is 4.39 Å². The molecular formula is C25H33F2N3O5. The number of nitrogens with zero attached hydrogens (tertiary/aromatic N) is 1. The molecule has 2 heterocycles. The monoisotopic (exact) mass is 493 g/mol. The number of primary amides is 1. The summed E-state index contributed by atoms with van der Waals surface area (Å²) in [5.41, 5.74) is 5.73. The minimum absolute atomic E-state index is 0.0692. The number of nitrogens with two attached hydrogens (primary N) is 1. The number of halogens is 2. The van der Waals surface area contributed by atoms with E-state index in [0.29, 0.717) is 12.1 Å². The molecule has 5 N–H and O–H groups in total. The highest BCUT2D eigenvalue weighted by Gasteiger charge is 2.28. The Hall–Kier alpha value is -3.11. The number of ether oxygens (including phenoxy) is 1. The standard InChI is InChI=1S/C12H15N3O3.C7H14O.C6H4F2O/c1-7-2-3-10(18-7)12(17)15-8-4-5-14-9(6-8)11(13)16;1-6(8)5-7-3-2-4-7;7-4-2-1-3-5(9)6(4)8/h4-7,10H,2-3H2,1H3,(H2,13,16)(H,14,15,17);6-8H,2-5H2,1H3;1-3,9H. The Morgan fingerprint density at radius 3 is 2.40 bits per heavy atom. The molecule has 1 aliphatic heterocycles. The number of phenols is 1. The number of hydrogen-bond donors (Lipinski definition) is 4. The Labute approximate surface area is 203 Å². The first kappa shape index (κ1) is 28.1. The number of aliphatic hydroxyl groups excluding tert-OH is 1. The van der Waals surface area contributed by atoms with Crippen molar-refractivity contribution in [3.05, 3.63) is 53.9 Å². The number of aromatic hydroxyl groups is 1. The first-order valence-electron chi connectivity index (χ1n) is 11.6. The molecule has 1 aromatic carbocycles. The van der Waals surface area contributed by atoms with Crippen molar-refractivity contribution in [2.45, 2.75) is 70.7 Å². The van der Waals surface area contributed by atoms with Crippen LogP contribution in [0, 0.1) is 17.6 Å². The summed E-state index contributed by atoms with van der Waals surface area (Å²) in [6, 6.07) is 6.29. The molecule has 0 radical (unpaired) electrons. The molecule has 1 saturated carbocycles. The summed E-state index contributed by atoms with van der Waals surface area (Å²) in [7, 11) is 0. The van der Waals surface area contributed by atoms with Gasteiger partial charge in [0.1, 0.15) is 11.8 Å². The van der Waals surface area contributed by atoms with Crippen LogP contribution in [0.25, 0.3) is 0 Å². The zero-order chi connectivity index (χ0) is 26.0. The van der Waals surface area contributed by atoms with E-state index in [0.717, 1.165) is 30.9 Å². The number of aliphatic hydroxyl groups is 1. The number of nitrogens with one attached hydrogen (secondary N) is 1. The number of amides is 2. The second-order valence-corrected chi connectivity index (χ2v) is 8.75. The molecule has 2 amide bonds. The summed E-state index contributed by atoms with van der Waals surface area (Å²) in [6.45, 7) is 3.81. The number of hydrogen-bond acceptors (Lipinski definition) is 6. The van der Waals surface area contributed by atoms with Crippen LogP contribution in [0.5, 0.6) is 5.75 Å². The van der Waals surface area contributed by atoms with Gasteiger partial charge in [0, 0.05) is 11.9 Å². The van der Waals surface area contributed by atoms with Crippen molar-refractivity contribution in [1.29, 1.82) is 0 Å². The summed E-state index contributed by atoms with van der Waals surface area (Å²) in [5, 5.41) is 20.1. The van der Waals surface area contributed by atoms with Crippen LogP contribution in [0.4, 0.5) is 14.5 Å². The Kier molecular flexibility index (Phi) is 11.0. The first-order valence-corrected chi connectivity index (χ1v) is 11.6. The number of benzene rings is 1. The summed E-state index contributed by atoms with van der Waals surface area (Å²) in [4.78, 5) is 26.6. The Balaban J connectivity index is 0.000000211. The molecule has 3 unspecified atom stereocenters. The number of phenolic OH excluding ortho intramolecular Hbond substituents is 1. The lowest BCUT2D eigenvalue weighted by atomic mass is 9.82. The molecule has 3 atom stereocenters. The molecule has 192 valence electrons. The van der Waals surface area contributed by atoms with Gasteiger partial charge in [0.25, 0.3) is 11.8 Å². The zero-order valence-corrected chi connectivity index (χ0v) is 19.9. The predicted octanol–water partition coefficient (Wildman–Crippen LogP) is 3.91. The molecule has 2 fully saturated rings. The number of carbonyl (C=O) groups is 2. The average Bonchev–Trinajstić information content (AvgIpc) is 3.22. The van der Waals surface area contributed by atoms with Crippen LogP contribution in [0.2, 0.25) is 0 Å². The molecule has 0 bridgehead atoms. The molecule has 8 nitrogen and oxygen atoms in total. The maximum absolute atomic E-state index is 12.1. The van der Waals surface area contributed by atoms with Gasteiger partial charge in [-0.1, -0.05) is 25.3 Å². The fourth-order valence-corrected chi connectivity index (χ4v) is 3.56. The lowest BCUT2D eigenvalue weighted by molar-refractivity contribution is -0.126. The quantitative estimate of drug-likeness (QED) is 0.499. The van der Waals surface area contributed by atoms with Gasteiger partial charge in [-0.15, -0.1) is 0 Å². The van der Waals surface area contributed by atoms with Crippen molar-refractivity contribution in [2.24, 2.45) is 11.7 Å². The molecule has 35 heavy (non-hydrogen) atoms. The molecular weight excluding hydrogens is 460 g/mol. The van der Waals surface area contributed by atoms with Crippen molar-refractivity contribution in [3.63, 3.8) is 0 Å². The molecule has 1 aromatic heterocycles. The average molecular weight is 494 g/mol. The summed E-state index contributed by atoms with van der Waals surface area (Å²) < 4.78 is 29.6. The second-order valence-electron chi connectivity index (χ2n) is 8.75. The van der Waals surface area contributed by atoms with E-state index >= 15 is 0 Å². The van der Waals surface area contributed by atoms with Gasteiger partial charge in [-0.25, -0.2) is 4.39 Å². The molecule has 1 saturated heterocycles. The van der Waals surface area contributed by atoms with E-state index in [-0.39, 0.29) is 23.8 Å². The van der Waals surface area contributed by atoms with Crippen molar-refractivity contribution in [2.75, 3.05) is 5.32 Å². The van der Waals surface area contributed by atoms with Crippen molar-refractivity contribution >= 4 is 17.5 Å². The van der Waals surface area contributed by atoms with E-state index in [9.17, 15) is 18.4 Å².